The molecule has 1 heterocycles. The minimum absolute atomic E-state index is 0.0411. The van der Waals surface area contributed by atoms with Gasteiger partial charge in [-0.05, 0) is 24.3 Å². The Bertz CT molecular complexity index is 539. The number of imide groups is 1. The highest BCUT2D eigenvalue weighted by Crippen LogP contribution is 2.29. The normalized spacial score (nSPS) is 18.6. The predicted octanol–water partition coefficient (Wildman–Crippen LogP) is 1.77. The molecule has 1 saturated heterocycles. The quantitative estimate of drug-likeness (QED) is 0.871. The van der Waals surface area contributed by atoms with Crippen molar-refractivity contribution >= 4 is 17.6 Å². The van der Waals surface area contributed by atoms with Crippen LogP contribution in [-0.4, -0.2) is 37.9 Å². The number of nitrogens with one attached hydrogen (secondary N) is 2. The summed E-state index contributed by atoms with van der Waals surface area (Å²) in [6, 6.07) is 2.98. The first-order chi connectivity index (χ1) is 10.4. The summed E-state index contributed by atoms with van der Waals surface area (Å²) >= 11 is 0. The van der Waals surface area contributed by atoms with Gasteiger partial charge in [0.05, 0.1) is 25.4 Å². The molecule has 2 N–H and O–H groups in total. The number of ether oxygens (including phenoxy) is 2. The van der Waals surface area contributed by atoms with Crippen LogP contribution in [0, 0.1) is 0 Å². The highest BCUT2D eigenvalue weighted by atomic mass is 19.4. The summed E-state index contributed by atoms with van der Waals surface area (Å²) in [4.78, 5) is 23.2. The standard InChI is InChI=1S/C13H13F3N2O4/c14-13(15,16)8-1-3-9(4-2-8)17-12(20)18-11(19)10-7-21-5-6-22-10/h1-4,10H,5-7H2,(H2,17,18,19,20). The Hall–Kier alpha value is -2.13. The van der Waals surface area contributed by atoms with E-state index >= 15 is 0 Å². The Kier molecular flexibility index (Phi) is 4.99. The molecule has 1 fully saturated rings. The Morgan fingerprint density at radius 3 is 2.36 bits per heavy atom. The zero-order valence-corrected chi connectivity index (χ0v) is 11.3. The number of amides is 3. The van der Waals surface area contributed by atoms with Gasteiger partial charge in [0.25, 0.3) is 5.91 Å². The van der Waals surface area contributed by atoms with Gasteiger partial charge in [-0.15, -0.1) is 0 Å². The molecule has 0 saturated carbocycles. The van der Waals surface area contributed by atoms with E-state index in [1.165, 1.54) is 0 Å². The molecule has 1 aromatic rings. The molecule has 1 atom stereocenters. The Morgan fingerprint density at radius 1 is 1.14 bits per heavy atom. The van der Waals surface area contributed by atoms with Crippen molar-refractivity contribution in [2.24, 2.45) is 0 Å². The Balaban J connectivity index is 1.87. The largest absolute Gasteiger partial charge is 0.416 e. The maximum Gasteiger partial charge on any atom is 0.416 e. The van der Waals surface area contributed by atoms with Crippen LogP contribution < -0.4 is 10.6 Å². The average molecular weight is 318 g/mol. The Morgan fingerprint density at radius 2 is 1.82 bits per heavy atom. The van der Waals surface area contributed by atoms with Crippen LogP contribution in [0.4, 0.5) is 23.7 Å². The van der Waals surface area contributed by atoms with E-state index in [1.807, 2.05) is 5.32 Å². The molecule has 0 aliphatic carbocycles. The SMILES string of the molecule is O=C(NC(=O)C1COCCO1)Nc1ccc(C(F)(F)F)cc1. The molecule has 120 valence electrons. The number of urea groups is 1. The van der Waals surface area contributed by atoms with Crippen molar-refractivity contribution in [1.29, 1.82) is 0 Å². The zero-order valence-electron chi connectivity index (χ0n) is 11.3. The second-order valence-electron chi connectivity index (χ2n) is 4.45. The van der Waals surface area contributed by atoms with Crippen LogP contribution in [0.1, 0.15) is 5.56 Å². The van der Waals surface area contributed by atoms with Crippen LogP contribution in [0.15, 0.2) is 24.3 Å². The van der Waals surface area contributed by atoms with E-state index < -0.39 is 29.8 Å². The number of anilines is 1. The number of carbonyl (C=O) groups excluding carboxylic acids is 2. The van der Waals surface area contributed by atoms with Gasteiger partial charge >= 0.3 is 12.2 Å². The summed E-state index contributed by atoms with van der Waals surface area (Å²) in [5, 5.41) is 4.28. The van der Waals surface area contributed by atoms with Crippen molar-refractivity contribution in [2.45, 2.75) is 12.3 Å². The lowest BCUT2D eigenvalue weighted by molar-refractivity contribution is -0.146. The van der Waals surface area contributed by atoms with Gasteiger partial charge in [-0.25, -0.2) is 4.79 Å². The summed E-state index contributed by atoms with van der Waals surface area (Å²) in [6.45, 7) is 0.666. The van der Waals surface area contributed by atoms with Gasteiger partial charge in [-0.1, -0.05) is 0 Å². The number of carbonyl (C=O) groups is 2. The maximum atomic E-state index is 12.4. The fourth-order valence-electron chi connectivity index (χ4n) is 1.74. The van der Waals surface area contributed by atoms with Crippen molar-refractivity contribution < 1.29 is 32.2 Å². The summed E-state index contributed by atoms with van der Waals surface area (Å²) in [6.07, 6.45) is -5.33. The molecule has 0 bridgehead atoms. The summed E-state index contributed by atoms with van der Waals surface area (Å²) in [5.74, 6) is -0.677. The first-order valence-corrected chi connectivity index (χ1v) is 6.35. The van der Waals surface area contributed by atoms with Gasteiger partial charge in [0, 0.05) is 5.69 Å². The van der Waals surface area contributed by atoms with Gasteiger partial charge in [-0.2, -0.15) is 13.2 Å². The van der Waals surface area contributed by atoms with Gasteiger partial charge in [0.15, 0.2) is 6.10 Å². The third-order valence-corrected chi connectivity index (χ3v) is 2.82. The van der Waals surface area contributed by atoms with E-state index in [2.05, 4.69) is 5.32 Å². The molecule has 3 amide bonds. The highest BCUT2D eigenvalue weighted by Gasteiger charge is 2.30. The summed E-state index contributed by atoms with van der Waals surface area (Å²) in [7, 11) is 0. The molecule has 0 radical (unpaired) electrons. The van der Waals surface area contributed by atoms with E-state index in [-0.39, 0.29) is 18.9 Å². The van der Waals surface area contributed by atoms with Gasteiger partial charge in [-0.3, -0.25) is 10.1 Å². The van der Waals surface area contributed by atoms with Crippen molar-refractivity contribution in [3.05, 3.63) is 29.8 Å². The van der Waals surface area contributed by atoms with E-state index in [9.17, 15) is 22.8 Å². The number of alkyl halides is 3. The number of halogens is 3. The second kappa shape index (κ2) is 6.75. The lowest BCUT2D eigenvalue weighted by atomic mass is 10.2. The maximum absolute atomic E-state index is 12.4. The molecular formula is C13H13F3N2O4. The first kappa shape index (κ1) is 16.2. The van der Waals surface area contributed by atoms with Crippen LogP contribution in [-0.2, 0) is 20.4 Å². The molecule has 0 spiro atoms. The van der Waals surface area contributed by atoms with E-state index in [0.717, 1.165) is 24.3 Å². The molecule has 1 unspecified atom stereocenters. The topological polar surface area (TPSA) is 76.7 Å². The van der Waals surface area contributed by atoms with E-state index in [4.69, 9.17) is 9.47 Å². The van der Waals surface area contributed by atoms with E-state index in [0.29, 0.717) is 6.61 Å². The number of hydrogen-bond acceptors (Lipinski definition) is 4. The van der Waals surface area contributed by atoms with Crippen molar-refractivity contribution in [3.8, 4) is 0 Å². The number of benzene rings is 1. The van der Waals surface area contributed by atoms with Gasteiger partial charge < -0.3 is 14.8 Å². The average Bonchev–Trinajstić information content (AvgIpc) is 2.47. The Labute approximate surface area is 123 Å². The molecule has 1 aliphatic heterocycles. The molecule has 2 rings (SSSR count). The molecule has 22 heavy (non-hydrogen) atoms. The molecule has 9 heteroatoms. The third-order valence-electron chi connectivity index (χ3n) is 2.82. The number of rotatable bonds is 2. The van der Waals surface area contributed by atoms with Crippen LogP contribution >= 0.6 is 0 Å². The van der Waals surface area contributed by atoms with Crippen LogP contribution in [0.2, 0.25) is 0 Å². The zero-order chi connectivity index (χ0) is 16.2. The van der Waals surface area contributed by atoms with Gasteiger partial charge in [0.1, 0.15) is 0 Å². The van der Waals surface area contributed by atoms with Crippen LogP contribution in [0.5, 0.6) is 0 Å². The summed E-state index contributed by atoms with van der Waals surface area (Å²) in [5.41, 5.74) is -0.707. The minimum atomic E-state index is -4.45. The fraction of sp³-hybridized carbons (Fsp3) is 0.385. The predicted molar refractivity (Wildman–Crippen MR) is 69.2 cm³/mol. The number of hydrogen-bond donors (Lipinski definition) is 2. The lowest BCUT2D eigenvalue weighted by Crippen LogP contribution is -2.46. The van der Waals surface area contributed by atoms with E-state index in [1.54, 1.807) is 0 Å². The van der Waals surface area contributed by atoms with Crippen LogP contribution in [0.3, 0.4) is 0 Å². The molecule has 0 aromatic heterocycles. The summed E-state index contributed by atoms with van der Waals surface area (Å²) < 4.78 is 47.3. The van der Waals surface area contributed by atoms with Crippen molar-refractivity contribution in [3.63, 3.8) is 0 Å². The molecule has 6 nitrogen and oxygen atoms in total. The molecule has 1 aromatic carbocycles. The highest BCUT2D eigenvalue weighted by molar-refractivity contribution is 6.02. The fourth-order valence-corrected chi connectivity index (χ4v) is 1.74. The third kappa shape index (κ3) is 4.43. The van der Waals surface area contributed by atoms with Crippen molar-refractivity contribution in [2.75, 3.05) is 25.1 Å². The van der Waals surface area contributed by atoms with Gasteiger partial charge in [0.2, 0.25) is 0 Å². The lowest BCUT2D eigenvalue weighted by Gasteiger charge is -2.21. The monoisotopic (exact) mass is 318 g/mol. The smallest absolute Gasteiger partial charge is 0.376 e. The molecule has 1 aliphatic rings. The van der Waals surface area contributed by atoms with Crippen molar-refractivity contribution in [1.82, 2.24) is 5.32 Å². The molecular weight excluding hydrogens is 305 g/mol. The minimum Gasteiger partial charge on any atom is -0.376 e. The van der Waals surface area contributed by atoms with Crippen LogP contribution in [0.25, 0.3) is 0 Å². The first-order valence-electron chi connectivity index (χ1n) is 6.35. The second-order valence-corrected chi connectivity index (χ2v) is 4.45.